The predicted molar refractivity (Wildman–Crippen MR) is 89.5 cm³/mol. The van der Waals surface area contributed by atoms with Gasteiger partial charge in [0.15, 0.2) is 0 Å². The van der Waals surface area contributed by atoms with Gasteiger partial charge in [0, 0.05) is 50.8 Å². The summed E-state index contributed by atoms with van der Waals surface area (Å²) in [6, 6.07) is 15.3. The lowest BCUT2D eigenvalue weighted by atomic mass is 10.2. The second-order valence-electron chi connectivity index (χ2n) is 5.34. The van der Waals surface area contributed by atoms with Crippen molar-refractivity contribution in [2.24, 2.45) is 0 Å². The third-order valence-corrected chi connectivity index (χ3v) is 3.29. The summed E-state index contributed by atoms with van der Waals surface area (Å²) in [5.41, 5.74) is 3.62. The molecule has 0 saturated carbocycles. The first kappa shape index (κ1) is 14.9. The minimum absolute atomic E-state index is 0.0992. The SMILES string of the molecule is CN(C)c1ccc(NC(=O)c2ccc(N(C)C)cc2)cc1. The molecule has 0 unspecified atom stereocenters. The molecule has 21 heavy (non-hydrogen) atoms. The van der Waals surface area contributed by atoms with Crippen molar-refractivity contribution < 1.29 is 4.79 Å². The number of rotatable bonds is 4. The Morgan fingerprint density at radius 1 is 0.762 bits per heavy atom. The van der Waals surface area contributed by atoms with Crippen LogP contribution in [0.1, 0.15) is 10.4 Å². The van der Waals surface area contributed by atoms with Crippen LogP contribution in [-0.2, 0) is 0 Å². The van der Waals surface area contributed by atoms with Crippen LogP contribution < -0.4 is 15.1 Å². The molecule has 4 heteroatoms. The molecule has 0 saturated heterocycles. The molecular formula is C17H21N3O. The minimum atomic E-state index is -0.0992. The van der Waals surface area contributed by atoms with E-state index in [0.29, 0.717) is 5.56 Å². The lowest BCUT2D eigenvalue weighted by Gasteiger charge is -2.14. The van der Waals surface area contributed by atoms with Crippen molar-refractivity contribution >= 4 is 23.0 Å². The number of anilines is 3. The third-order valence-electron chi connectivity index (χ3n) is 3.29. The zero-order valence-corrected chi connectivity index (χ0v) is 12.9. The molecule has 0 aliphatic carbocycles. The van der Waals surface area contributed by atoms with Crippen LogP contribution in [-0.4, -0.2) is 34.1 Å². The number of carbonyl (C=O) groups is 1. The Hall–Kier alpha value is -2.49. The summed E-state index contributed by atoms with van der Waals surface area (Å²) in [4.78, 5) is 16.2. The molecule has 0 heterocycles. The van der Waals surface area contributed by atoms with Gasteiger partial charge in [0.2, 0.25) is 0 Å². The van der Waals surface area contributed by atoms with Crippen molar-refractivity contribution in [3.8, 4) is 0 Å². The van der Waals surface area contributed by atoms with Crippen LogP contribution >= 0.6 is 0 Å². The van der Waals surface area contributed by atoms with Gasteiger partial charge in [-0.3, -0.25) is 4.79 Å². The minimum Gasteiger partial charge on any atom is -0.378 e. The first-order valence-electron chi connectivity index (χ1n) is 6.83. The van der Waals surface area contributed by atoms with E-state index < -0.39 is 0 Å². The van der Waals surface area contributed by atoms with Crippen LogP contribution in [0, 0.1) is 0 Å². The predicted octanol–water partition coefficient (Wildman–Crippen LogP) is 3.07. The van der Waals surface area contributed by atoms with Crippen molar-refractivity contribution in [3.05, 3.63) is 54.1 Å². The average Bonchev–Trinajstić information content (AvgIpc) is 2.47. The second kappa shape index (κ2) is 6.31. The number of hydrogen-bond donors (Lipinski definition) is 1. The highest BCUT2D eigenvalue weighted by Crippen LogP contribution is 2.17. The first-order chi connectivity index (χ1) is 9.97. The van der Waals surface area contributed by atoms with Crippen LogP contribution in [0.4, 0.5) is 17.1 Å². The molecule has 0 fully saturated rings. The van der Waals surface area contributed by atoms with Crippen molar-refractivity contribution in [1.82, 2.24) is 0 Å². The standard InChI is InChI=1S/C17H21N3O/c1-19(2)15-9-5-13(6-10-15)17(21)18-14-7-11-16(12-8-14)20(3)4/h5-12H,1-4H3,(H,18,21). The molecule has 2 aromatic carbocycles. The average molecular weight is 283 g/mol. The van der Waals surface area contributed by atoms with Crippen molar-refractivity contribution in [1.29, 1.82) is 0 Å². The summed E-state index contributed by atoms with van der Waals surface area (Å²) < 4.78 is 0. The van der Waals surface area contributed by atoms with Gasteiger partial charge in [0.25, 0.3) is 5.91 Å². The Labute approximate surface area is 126 Å². The molecule has 0 bridgehead atoms. The molecule has 0 atom stereocenters. The zero-order valence-electron chi connectivity index (χ0n) is 12.9. The first-order valence-corrected chi connectivity index (χ1v) is 6.83. The van der Waals surface area contributed by atoms with E-state index in [1.165, 1.54) is 0 Å². The lowest BCUT2D eigenvalue weighted by Crippen LogP contribution is -2.13. The summed E-state index contributed by atoms with van der Waals surface area (Å²) in [6.45, 7) is 0. The monoisotopic (exact) mass is 283 g/mol. The molecule has 0 radical (unpaired) electrons. The van der Waals surface area contributed by atoms with E-state index >= 15 is 0 Å². The van der Waals surface area contributed by atoms with E-state index in [-0.39, 0.29) is 5.91 Å². The molecule has 110 valence electrons. The molecule has 4 nitrogen and oxygen atoms in total. The van der Waals surface area contributed by atoms with Gasteiger partial charge in [-0.25, -0.2) is 0 Å². The molecule has 0 aromatic heterocycles. The van der Waals surface area contributed by atoms with Crippen molar-refractivity contribution in [3.63, 3.8) is 0 Å². The Kier molecular flexibility index (Phi) is 4.48. The van der Waals surface area contributed by atoms with E-state index in [0.717, 1.165) is 17.1 Å². The van der Waals surface area contributed by atoms with E-state index in [4.69, 9.17) is 0 Å². The Bertz CT molecular complexity index is 601. The second-order valence-corrected chi connectivity index (χ2v) is 5.34. The molecule has 2 rings (SSSR count). The summed E-state index contributed by atoms with van der Waals surface area (Å²) in [5.74, 6) is -0.0992. The van der Waals surface area contributed by atoms with Gasteiger partial charge in [-0.05, 0) is 48.5 Å². The quantitative estimate of drug-likeness (QED) is 0.936. The fraction of sp³-hybridized carbons (Fsp3) is 0.235. The van der Waals surface area contributed by atoms with Gasteiger partial charge in [-0.1, -0.05) is 0 Å². The zero-order chi connectivity index (χ0) is 15.4. The van der Waals surface area contributed by atoms with Crippen LogP contribution in [0.2, 0.25) is 0 Å². The van der Waals surface area contributed by atoms with E-state index in [2.05, 4.69) is 5.32 Å². The molecule has 2 aromatic rings. The number of nitrogens with zero attached hydrogens (tertiary/aromatic N) is 2. The topological polar surface area (TPSA) is 35.6 Å². The maximum atomic E-state index is 12.2. The van der Waals surface area contributed by atoms with Crippen LogP contribution in [0.3, 0.4) is 0 Å². The molecule has 1 amide bonds. The van der Waals surface area contributed by atoms with Gasteiger partial charge >= 0.3 is 0 Å². The van der Waals surface area contributed by atoms with Crippen LogP contribution in [0.15, 0.2) is 48.5 Å². The van der Waals surface area contributed by atoms with Crippen molar-refractivity contribution in [2.45, 2.75) is 0 Å². The highest BCUT2D eigenvalue weighted by Gasteiger charge is 2.06. The van der Waals surface area contributed by atoms with E-state index in [1.54, 1.807) is 0 Å². The van der Waals surface area contributed by atoms with Crippen molar-refractivity contribution in [2.75, 3.05) is 43.3 Å². The highest BCUT2D eigenvalue weighted by molar-refractivity contribution is 6.04. The number of amides is 1. The Morgan fingerprint density at radius 3 is 1.62 bits per heavy atom. The smallest absolute Gasteiger partial charge is 0.255 e. The maximum absolute atomic E-state index is 12.2. The molecule has 0 aliphatic rings. The maximum Gasteiger partial charge on any atom is 0.255 e. The Morgan fingerprint density at radius 2 is 1.19 bits per heavy atom. The Balaban J connectivity index is 2.06. The summed E-state index contributed by atoms with van der Waals surface area (Å²) in [7, 11) is 7.92. The molecule has 0 aliphatic heterocycles. The number of carbonyl (C=O) groups excluding carboxylic acids is 1. The molecule has 0 spiro atoms. The lowest BCUT2D eigenvalue weighted by molar-refractivity contribution is 0.102. The van der Waals surface area contributed by atoms with E-state index in [1.807, 2.05) is 86.5 Å². The van der Waals surface area contributed by atoms with Gasteiger partial charge in [0.1, 0.15) is 0 Å². The number of benzene rings is 2. The van der Waals surface area contributed by atoms with Crippen LogP contribution in [0.25, 0.3) is 0 Å². The molecular weight excluding hydrogens is 262 g/mol. The highest BCUT2D eigenvalue weighted by atomic mass is 16.1. The number of nitrogens with one attached hydrogen (secondary N) is 1. The number of hydrogen-bond acceptors (Lipinski definition) is 3. The van der Waals surface area contributed by atoms with Gasteiger partial charge < -0.3 is 15.1 Å². The van der Waals surface area contributed by atoms with Gasteiger partial charge in [-0.2, -0.15) is 0 Å². The molecule has 1 N–H and O–H groups in total. The summed E-state index contributed by atoms with van der Waals surface area (Å²) in [5, 5.41) is 2.90. The van der Waals surface area contributed by atoms with Crippen LogP contribution in [0.5, 0.6) is 0 Å². The fourth-order valence-electron chi connectivity index (χ4n) is 1.96. The summed E-state index contributed by atoms with van der Waals surface area (Å²) in [6.07, 6.45) is 0. The van der Waals surface area contributed by atoms with Gasteiger partial charge in [0.05, 0.1) is 0 Å². The normalized spacial score (nSPS) is 10.1. The largest absolute Gasteiger partial charge is 0.378 e. The summed E-state index contributed by atoms with van der Waals surface area (Å²) >= 11 is 0. The third kappa shape index (κ3) is 3.75. The fourth-order valence-corrected chi connectivity index (χ4v) is 1.96. The van der Waals surface area contributed by atoms with E-state index in [9.17, 15) is 4.79 Å². The van der Waals surface area contributed by atoms with Gasteiger partial charge in [-0.15, -0.1) is 0 Å².